The number of carbonyl (C=O) groups is 2. The van der Waals surface area contributed by atoms with Crippen molar-refractivity contribution >= 4 is 28.8 Å². The fourth-order valence-corrected chi connectivity index (χ4v) is 4.69. The van der Waals surface area contributed by atoms with Crippen LogP contribution >= 0.6 is 11.3 Å². The molecule has 0 saturated carbocycles. The van der Waals surface area contributed by atoms with Gasteiger partial charge >= 0.3 is 0 Å². The number of likely N-dealkylation sites (N-methyl/N-ethyl adjacent to an activating group) is 1. The van der Waals surface area contributed by atoms with Crippen LogP contribution < -0.4 is 9.64 Å². The number of benzene rings is 3. The van der Waals surface area contributed by atoms with Gasteiger partial charge in [0.15, 0.2) is 6.61 Å². The van der Waals surface area contributed by atoms with Crippen molar-refractivity contribution in [3.05, 3.63) is 89.8 Å². The van der Waals surface area contributed by atoms with E-state index in [2.05, 4.69) is 0 Å². The summed E-state index contributed by atoms with van der Waals surface area (Å²) in [7, 11) is 1.75. The van der Waals surface area contributed by atoms with E-state index in [0.29, 0.717) is 18.0 Å². The maximum Gasteiger partial charge on any atom is 0.265 e. The quantitative estimate of drug-likeness (QED) is 0.405. The van der Waals surface area contributed by atoms with Crippen LogP contribution in [0.2, 0.25) is 0 Å². The van der Waals surface area contributed by atoms with Gasteiger partial charge in [0.2, 0.25) is 5.91 Å². The summed E-state index contributed by atoms with van der Waals surface area (Å²) in [6, 6.07) is 25.4. The van der Waals surface area contributed by atoms with E-state index in [0.717, 1.165) is 27.4 Å². The molecule has 0 atom stereocenters. The summed E-state index contributed by atoms with van der Waals surface area (Å²) >= 11 is 1.57. The number of aromatic nitrogens is 1. The molecule has 0 fully saturated rings. The lowest BCUT2D eigenvalue weighted by molar-refractivity contribution is -0.131. The second-order valence-electron chi connectivity index (χ2n) is 8.09. The first-order valence-electron chi connectivity index (χ1n) is 10.9. The number of thiazole rings is 1. The van der Waals surface area contributed by atoms with Crippen molar-refractivity contribution in [3.8, 4) is 27.6 Å². The largest absolute Gasteiger partial charge is 0.482 e. The lowest BCUT2D eigenvalue weighted by atomic mass is 10.1. The van der Waals surface area contributed by atoms with Crippen LogP contribution in [0.15, 0.2) is 84.2 Å². The zero-order valence-corrected chi connectivity index (χ0v) is 19.5. The molecule has 1 aliphatic heterocycles. The van der Waals surface area contributed by atoms with Crippen molar-refractivity contribution in [1.29, 1.82) is 0 Å². The molecule has 0 aliphatic carbocycles. The maximum absolute atomic E-state index is 13.0. The topological polar surface area (TPSA) is 62.7 Å². The van der Waals surface area contributed by atoms with Gasteiger partial charge in [-0.15, -0.1) is 11.3 Å². The summed E-state index contributed by atoms with van der Waals surface area (Å²) < 4.78 is 5.64. The molecule has 2 amide bonds. The van der Waals surface area contributed by atoms with E-state index in [9.17, 15) is 9.59 Å². The second-order valence-corrected chi connectivity index (χ2v) is 8.95. The van der Waals surface area contributed by atoms with Gasteiger partial charge in [0.05, 0.1) is 11.4 Å². The Kier molecular flexibility index (Phi) is 6.10. The van der Waals surface area contributed by atoms with Crippen molar-refractivity contribution in [2.45, 2.75) is 6.54 Å². The summed E-state index contributed by atoms with van der Waals surface area (Å²) in [5.41, 5.74) is 4.36. The molecule has 1 aromatic heterocycles. The van der Waals surface area contributed by atoms with Gasteiger partial charge < -0.3 is 9.64 Å². The molecule has 5 rings (SSSR count). The van der Waals surface area contributed by atoms with Gasteiger partial charge in [-0.1, -0.05) is 60.7 Å². The zero-order chi connectivity index (χ0) is 23.5. The molecule has 2 heterocycles. The number of hydrogen-bond acceptors (Lipinski definition) is 5. The van der Waals surface area contributed by atoms with E-state index >= 15 is 0 Å². The van der Waals surface area contributed by atoms with Gasteiger partial charge in [0, 0.05) is 30.1 Å². The van der Waals surface area contributed by atoms with E-state index in [1.54, 1.807) is 23.3 Å². The van der Waals surface area contributed by atoms with E-state index in [1.165, 1.54) is 4.90 Å². The standard InChI is InChI=1S/C27H23N3O3S/c1-29(15-19-8-4-2-5-9-19)25(31)16-30-23-14-21(12-13-24(23)33-17-26(30)32)22-18-34-27(28-22)20-10-6-3-7-11-20/h2-14,18H,15-17H2,1H3. The van der Waals surface area contributed by atoms with Crippen LogP contribution in [-0.2, 0) is 16.1 Å². The highest BCUT2D eigenvalue weighted by molar-refractivity contribution is 7.13. The van der Waals surface area contributed by atoms with Gasteiger partial charge in [-0.25, -0.2) is 4.98 Å². The Labute approximate surface area is 202 Å². The summed E-state index contributed by atoms with van der Waals surface area (Å²) in [5, 5.41) is 2.92. The Morgan fingerprint density at radius 2 is 1.76 bits per heavy atom. The van der Waals surface area contributed by atoms with Crippen LogP contribution in [0.3, 0.4) is 0 Å². The number of nitrogens with zero attached hydrogens (tertiary/aromatic N) is 3. The predicted octanol–water partition coefficient (Wildman–Crippen LogP) is 4.86. The van der Waals surface area contributed by atoms with Crippen molar-refractivity contribution in [2.24, 2.45) is 0 Å². The molecular formula is C27H23N3O3S. The molecule has 0 radical (unpaired) electrons. The molecule has 170 valence electrons. The summed E-state index contributed by atoms with van der Waals surface area (Å²) in [6.45, 7) is 0.345. The minimum absolute atomic E-state index is 0.0473. The molecule has 4 aromatic rings. The molecule has 0 saturated heterocycles. The molecule has 0 N–H and O–H groups in total. The van der Waals surface area contributed by atoms with Crippen LogP contribution in [0.4, 0.5) is 5.69 Å². The Balaban J connectivity index is 1.38. The van der Waals surface area contributed by atoms with E-state index in [4.69, 9.17) is 9.72 Å². The third-order valence-electron chi connectivity index (χ3n) is 5.70. The van der Waals surface area contributed by atoms with Gasteiger partial charge in [-0.05, 0) is 23.8 Å². The highest BCUT2D eigenvalue weighted by Crippen LogP contribution is 2.37. The average molecular weight is 470 g/mol. The Hall–Kier alpha value is -3.97. The SMILES string of the molecule is CN(Cc1ccccc1)C(=O)CN1C(=O)COc2ccc(-c3csc(-c4ccccc4)n3)cc21. The van der Waals surface area contributed by atoms with Crippen LogP contribution in [0.25, 0.3) is 21.8 Å². The molecule has 6 nitrogen and oxygen atoms in total. The number of amides is 2. The van der Waals surface area contributed by atoms with Crippen LogP contribution in [0.5, 0.6) is 5.75 Å². The minimum Gasteiger partial charge on any atom is -0.482 e. The first kappa shape index (κ1) is 21.9. The number of hydrogen-bond donors (Lipinski definition) is 0. The molecular weight excluding hydrogens is 446 g/mol. The number of anilines is 1. The Morgan fingerprint density at radius 3 is 2.53 bits per heavy atom. The molecule has 0 bridgehead atoms. The zero-order valence-electron chi connectivity index (χ0n) is 18.7. The fourth-order valence-electron chi connectivity index (χ4n) is 3.86. The van der Waals surface area contributed by atoms with Gasteiger partial charge in [-0.3, -0.25) is 14.5 Å². The number of rotatable bonds is 6. The van der Waals surface area contributed by atoms with Crippen LogP contribution in [-0.4, -0.2) is 41.9 Å². The molecule has 7 heteroatoms. The first-order chi connectivity index (χ1) is 16.6. The normalized spacial score (nSPS) is 12.7. The summed E-state index contributed by atoms with van der Waals surface area (Å²) in [4.78, 5) is 33.6. The summed E-state index contributed by atoms with van der Waals surface area (Å²) in [5.74, 6) is 0.199. The molecule has 0 spiro atoms. The van der Waals surface area contributed by atoms with Crippen molar-refractivity contribution < 1.29 is 14.3 Å². The molecule has 1 aliphatic rings. The van der Waals surface area contributed by atoms with Gasteiger partial charge in [-0.2, -0.15) is 0 Å². The predicted molar refractivity (Wildman–Crippen MR) is 134 cm³/mol. The fraction of sp³-hybridized carbons (Fsp3) is 0.148. The summed E-state index contributed by atoms with van der Waals surface area (Å²) in [6.07, 6.45) is 0. The van der Waals surface area contributed by atoms with Crippen LogP contribution in [0, 0.1) is 0 Å². The van der Waals surface area contributed by atoms with Gasteiger partial charge in [0.25, 0.3) is 5.91 Å². The number of fused-ring (bicyclic) bond motifs is 1. The Bertz CT molecular complexity index is 1320. The van der Waals surface area contributed by atoms with Crippen molar-refractivity contribution in [1.82, 2.24) is 9.88 Å². The van der Waals surface area contributed by atoms with E-state index in [1.807, 2.05) is 84.2 Å². The lowest BCUT2D eigenvalue weighted by Crippen LogP contribution is -2.45. The Morgan fingerprint density at radius 1 is 1.03 bits per heavy atom. The molecule has 0 unspecified atom stereocenters. The highest BCUT2D eigenvalue weighted by atomic mass is 32.1. The highest BCUT2D eigenvalue weighted by Gasteiger charge is 2.29. The first-order valence-corrected chi connectivity index (χ1v) is 11.8. The number of ether oxygens (including phenoxy) is 1. The minimum atomic E-state index is -0.241. The van der Waals surface area contributed by atoms with E-state index in [-0.39, 0.29) is 25.0 Å². The lowest BCUT2D eigenvalue weighted by Gasteiger charge is -2.30. The van der Waals surface area contributed by atoms with Crippen LogP contribution in [0.1, 0.15) is 5.56 Å². The third kappa shape index (κ3) is 4.56. The number of carbonyl (C=O) groups excluding carboxylic acids is 2. The second kappa shape index (κ2) is 9.49. The molecule has 34 heavy (non-hydrogen) atoms. The third-order valence-corrected chi connectivity index (χ3v) is 6.60. The van der Waals surface area contributed by atoms with Crippen molar-refractivity contribution in [3.63, 3.8) is 0 Å². The van der Waals surface area contributed by atoms with Crippen molar-refractivity contribution in [2.75, 3.05) is 25.1 Å². The van der Waals surface area contributed by atoms with E-state index < -0.39 is 0 Å². The molecule has 3 aromatic carbocycles. The average Bonchev–Trinajstić information content (AvgIpc) is 3.37. The maximum atomic E-state index is 13.0. The smallest absolute Gasteiger partial charge is 0.265 e. The monoisotopic (exact) mass is 469 g/mol. The van der Waals surface area contributed by atoms with Gasteiger partial charge in [0.1, 0.15) is 17.3 Å².